The van der Waals surface area contributed by atoms with Gasteiger partial charge in [0.15, 0.2) is 0 Å². The summed E-state index contributed by atoms with van der Waals surface area (Å²) < 4.78 is 16.9. The summed E-state index contributed by atoms with van der Waals surface area (Å²) in [5.74, 6) is -1.67. The number of carbonyl (C=O) groups is 5. The Bertz CT molecular complexity index is 2720. The van der Waals surface area contributed by atoms with Gasteiger partial charge in [0.2, 0.25) is 30.1 Å². The second kappa shape index (κ2) is 25.2. The van der Waals surface area contributed by atoms with Crippen LogP contribution < -0.4 is 37.3 Å². The lowest BCUT2D eigenvalue weighted by atomic mass is 10.1. The fourth-order valence-corrected chi connectivity index (χ4v) is 6.85. The zero-order valence-electron chi connectivity index (χ0n) is 40.3. The number of methoxy groups -OCH3 is 1. The largest absolute Gasteiger partial charge is 0.494 e. The van der Waals surface area contributed by atoms with Crippen LogP contribution in [0.3, 0.4) is 0 Å². The van der Waals surface area contributed by atoms with Crippen molar-refractivity contribution in [1.29, 1.82) is 0 Å². The van der Waals surface area contributed by atoms with Crippen molar-refractivity contribution in [3.63, 3.8) is 0 Å². The maximum atomic E-state index is 13.7. The van der Waals surface area contributed by atoms with Gasteiger partial charge in [-0.15, -0.1) is 0 Å². The molecule has 8 N–H and O–H groups in total. The molecule has 0 saturated heterocycles. The van der Waals surface area contributed by atoms with Gasteiger partial charge in [-0.2, -0.15) is 5.10 Å². The predicted molar refractivity (Wildman–Crippen MR) is 264 cm³/mol. The van der Waals surface area contributed by atoms with Crippen LogP contribution in [-0.4, -0.2) is 128 Å². The normalized spacial score (nSPS) is 11.9. The minimum Gasteiger partial charge on any atom is -0.494 e. The van der Waals surface area contributed by atoms with Gasteiger partial charge >= 0.3 is 0 Å². The maximum absolute atomic E-state index is 13.7. The van der Waals surface area contributed by atoms with Crippen molar-refractivity contribution >= 4 is 69.7 Å². The highest BCUT2D eigenvalue weighted by molar-refractivity contribution is 6.47. The van der Waals surface area contributed by atoms with Crippen LogP contribution in [0.2, 0.25) is 0 Å². The van der Waals surface area contributed by atoms with Gasteiger partial charge in [-0.1, -0.05) is 39.0 Å². The molecule has 0 aliphatic heterocycles. The molecule has 21 nitrogen and oxygen atoms in total. The second-order valence-electron chi connectivity index (χ2n) is 15.1. The highest BCUT2D eigenvalue weighted by Crippen LogP contribution is 2.33. The van der Waals surface area contributed by atoms with Gasteiger partial charge in [-0.3, -0.25) is 44.3 Å². The summed E-state index contributed by atoms with van der Waals surface area (Å²) in [5, 5.41) is 10.1. The minimum atomic E-state index is -0.722. The van der Waals surface area contributed by atoms with Gasteiger partial charge < -0.3 is 45.6 Å². The molecule has 0 fully saturated rings. The number of amides is 5. The number of benzene rings is 2. The van der Waals surface area contributed by atoms with E-state index < -0.39 is 23.6 Å². The van der Waals surface area contributed by atoms with Crippen LogP contribution in [0.1, 0.15) is 78.4 Å². The summed E-state index contributed by atoms with van der Waals surface area (Å²) in [7, 11) is 3.43. The van der Waals surface area contributed by atoms with Gasteiger partial charge in [0, 0.05) is 62.6 Å². The van der Waals surface area contributed by atoms with Gasteiger partial charge in [0.25, 0.3) is 11.8 Å². The second-order valence-corrected chi connectivity index (χ2v) is 15.1. The average molecular weight is 937 g/mol. The van der Waals surface area contributed by atoms with Crippen molar-refractivity contribution in [2.75, 3.05) is 64.1 Å². The molecule has 21 heteroatoms. The number of imidazole rings is 2. The van der Waals surface area contributed by atoms with Crippen LogP contribution >= 0.6 is 0 Å². The van der Waals surface area contributed by atoms with Crippen LogP contribution in [0.4, 0.5) is 11.9 Å². The number of allylic oxidation sites excluding steroid dienone is 3. The van der Waals surface area contributed by atoms with Crippen molar-refractivity contribution in [2.45, 2.75) is 68.1 Å². The monoisotopic (exact) mass is 937 g/mol. The lowest BCUT2D eigenvalue weighted by molar-refractivity contribution is -0.117. The van der Waals surface area contributed by atoms with Crippen molar-refractivity contribution < 1.29 is 33.4 Å². The number of anilines is 2. The first kappa shape index (κ1) is 52.8. The highest BCUT2D eigenvalue weighted by Gasteiger charge is 2.23. The number of aliphatic imine (C=N–C) groups is 1. The van der Waals surface area contributed by atoms with Crippen LogP contribution in [-0.2, 0) is 29.2 Å². The maximum Gasteiger partial charge on any atom is 0.276 e. The Morgan fingerprint density at radius 1 is 0.824 bits per heavy atom. The molecule has 0 aliphatic rings. The Morgan fingerprint density at radius 2 is 1.41 bits per heavy atom. The first-order valence-corrected chi connectivity index (χ1v) is 22.3. The van der Waals surface area contributed by atoms with E-state index in [0.29, 0.717) is 65.3 Å². The van der Waals surface area contributed by atoms with Crippen molar-refractivity contribution in [1.82, 2.24) is 38.7 Å². The molecule has 0 aliphatic carbocycles. The number of hydrogen-bond donors (Lipinski definition) is 5. The van der Waals surface area contributed by atoms with Crippen molar-refractivity contribution in [2.24, 2.45) is 22.2 Å². The topological polar surface area (TPSA) is 278 Å². The summed E-state index contributed by atoms with van der Waals surface area (Å²) in [6, 6.07) is 7.69. The zero-order valence-corrected chi connectivity index (χ0v) is 40.3. The molecule has 68 heavy (non-hydrogen) atoms. The van der Waals surface area contributed by atoms with Gasteiger partial charge in [-0.25, -0.2) is 9.97 Å². The number of likely N-dealkylation sites (N-methyl/N-ethyl adjacent to an activating group) is 1. The molecule has 0 spiro atoms. The van der Waals surface area contributed by atoms with Gasteiger partial charge in [-0.05, 0) is 83.8 Å². The number of ether oxygens (including phenoxy) is 2. The number of aryl methyl sites for hydroxylation is 2. The number of fused-ring (bicyclic) bond motifs is 2. The van der Waals surface area contributed by atoms with Crippen LogP contribution in [0.25, 0.3) is 22.1 Å². The molecule has 0 bridgehead atoms. The molecule has 2 aromatic carbocycles. The molecule has 0 radical (unpaired) electrons. The smallest absolute Gasteiger partial charge is 0.276 e. The van der Waals surface area contributed by atoms with Gasteiger partial charge in [0.05, 0.1) is 23.8 Å². The van der Waals surface area contributed by atoms with E-state index in [0.717, 1.165) is 19.5 Å². The first-order valence-electron chi connectivity index (χ1n) is 22.3. The van der Waals surface area contributed by atoms with E-state index in [9.17, 15) is 24.0 Å². The summed E-state index contributed by atoms with van der Waals surface area (Å²) in [6.07, 6.45) is 9.42. The molecule has 364 valence electrons. The number of aromatic nitrogens is 6. The van der Waals surface area contributed by atoms with E-state index in [2.05, 4.69) is 30.6 Å². The lowest BCUT2D eigenvalue weighted by Gasteiger charge is -2.19. The number of carbonyl (C=O) groups excluding carboxylic acids is 5. The van der Waals surface area contributed by atoms with Crippen molar-refractivity contribution in [3.05, 3.63) is 88.9 Å². The van der Waals surface area contributed by atoms with E-state index in [1.54, 1.807) is 63.8 Å². The molecule has 0 unspecified atom stereocenters. The predicted octanol–water partition coefficient (Wildman–Crippen LogP) is 4.26. The average Bonchev–Trinajstić information content (AvgIpc) is 3.99. The number of hydrogen-bond acceptors (Lipinski definition) is 13. The molecule has 5 aromatic rings. The number of nitrogens with one attached hydrogen (secondary N) is 2. The first-order chi connectivity index (χ1) is 32.6. The summed E-state index contributed by atoms with van der Waals surface area (Å²) in [5.41, 5.74) is 20.6. The number of nitrogens with zero attached hydrogens (tertiary/aromatic N) is 9. The summed E-state index contributed by atoms with van der Waals surface area (Å²) in [6.45, 7) is 16.6. The molecule has 0 atom stereocenters. The quantitative estimate of drug-likeness (QED) is 0.0330. The van der Waals surface area contributed by atoms with E-state index in [1.165, 1.54) is 37.5 Å². The third-order valence-electron chi connectivity index (χ3n) is 10.3. The molecule has 5 amide bonds. The van der Waals surface area contributed by atoms with Crippen molar-refractivity contribution in [3.8, 4) is 11.5 Å². The molecule has 5 rings (SSSR count). The minimum absolute atomic E-state index is 0.0512. The van der Waals surface area contributed by atoms with E-state index in [-0.39, 0.29) is 59.9 Å². The Morgan fingerprint density at radius 3 is 1.94 bits per heavy atom. The molecule has 0 saturated carbocycles. The standard InChI is InChI=1S/C45H58N14O7.C2H6/c1-8-49-34(21-28(4)46)42(63)52-44-51-33-24-31(41(48)62)26-37(66-20-14-13-15-56(27-60)19-18-55(6)9-2)39(33)58(44)17-12-11-16-57-38-32(23-30(40(47)61)25-36(38)65-7)50-45(57)53-43(64)35-22-29(5)54-59(35)10-3;1-2/h11-14,21-27H,8-10,15-20,46H2,1-7H3,(H2,47,61)(H2,48,62)(H,50,53,64)(H,51,52,63);1-2H3/b12-11+,14-13-,28-21-,49-34?;. The third kappa shape index (κ3) is 13.4. The van der Waals surface area contributed by atoms with Crippen LogP contribution in [0, 0.1) is 6.92 Å². The number of rotatable bonds is 24. The molecule has 3 heterocycles. The highest BCUT2D eigenvalue weighted by atomic mass is 16.5. The Labute approximate surface area is 395 Å². The Balaban J connectivity index is 0.00000497. The third-order valence-corrected chi connectivity index (χ3v) is 10.3. The van der Waals surface area contributed by atoms with E-state index in [1.807, 2.05) is 40.8 Å². The fraction of sp³-hybridized carbons (Fsp3) is 0.383. The zero-order chi connectivity index (χ0) is 50.1. The molecule has 3 aromatic heterocycles. The molecular weight excluding hydrogens is 873 g/mol. The Kier molecular flexibility index (Phi) is 19.6. The Hall–Kier alpha value is -7.81. The molecular formula is C47H64N14O7. The fourth-order valence-electron chi connectivity index (χ4n) is 6.85. The van der Waals surface area contributed by atoms with Crippen LogP contribution in [0.15, 0.2) is 71.4 Å². The van der Waals surface area contributed by atoms with E-state index in [4.69, 9.17) is 31.7 Å². The number of nitrogens with two attached hydrogens (primary N) is 3. The number of primary amides is 2. The van der Waals surface area contributed by atoms with Crippen LogP contribution in [0.5, 0.6) is 11.5 Å². The van der Waals surface area contributed by atoms with Gasteiger partial charge in [0.1, 0.15) is 40.5 Å². The summed E-state index contributed by atoms with van der Waals surface area (Å²) >= 11 is 0. The summed E-state index contributed by atoms with van der Waals surface area (Å²) in [4.78, 5) is 81.4. The lowest BCUT2D eigenvalue weighted by Crippen LogP contribution is -2.32. The SMILES string of the molecule is CC.CCN=C(/C=C(/C)N)C(=O)Nc1nc2cc(C(N)=O)cc(OC/C=C\CN(C=O)CCN(C)CC)c2n1C/C=C/Cn1c(NC(=O)c2cc(C)nn2CC)nc2cc(C(N)=O)cc(OC)c21. The van der Waals surface area contributed by atoms with E-state index >= 15 is 0 Å².